The summed E-state index contributed by atoms with van der Waals surface area (Å²) in [6.07, 6.45) is 1.86. The number of rotatable bonds is 6. The lowest BCUT2D eigenvalue weighted by Gasteiger charge is -2.29. The van der Waals surface area contributed by atoms with Gasteiger partial charge in [0.25, 0.3) is 0 Å². The molecule has 1 aliphatic rings. The van der Waals surface area contributed by atoms with E-state index in [4.69, 9.17) is 12.2 Å². The minimum atomic E-state index is 0.0130. The highest BCUT2D eigenvalue weighted by molar-refractivity contribution is 7.80. The van der Waals surface area contributed by atoms with Crippen molar-refractivity contribution in [1.82, 2.24) is 24.7 Å². The van der Waals surface area contributed by atoms with Crippen LogP contribution in [0.1, 0.15) is 45.9 Å². The second-order valence-corrected chi connectivity index (χ2v) is 9.52. The molecule has 0 aliphatic carbocycles. The molecule has 3 heterocycles. The van der Waals surface area contributed by atoms with Crippen molar-refractivity contribution in [2.24, 2.45) is 0 Å². The van der Waals surface area contributed by atoms with Crippen LogP contribution in [0.4, 0.5) is 0 Å². The van der Waals surface area contributed by atoms with Crippen molar-refractivity contribution in [2.45, 2.75) is 39.8 Å². The van der Waals surface area contributed by atoms with Crippen LogP contribution in [0, 0.1) is 27.7 Å². The SMILES string of the molecule is Cc1cc(C)cc(-n2c(C)cc(C3C(c4ccccn4)NC(=S)N3CCN(C)C)c2C)c1. The quantitative estimate of drug-likeness (QED) is 0.557. The molecule has 0 spiro atoms. The Morgan fingerprint density at radius 3 is 2.38 bits per heavy atom. The molecular weight excluding hydrogens is 414 g/mol. The third-order valence-corrected chi connectivity index (χ3v) is 6.59. The summed E-state index contributed by atoms with van der Waals surface area (Å²) >= 11 is 5.82. The molecule has 1 aliphatic heterocycles. The first-order valence-electron chi connectivity index (χ1n) is 11.2. The zero-order valence-electron chi connectivity index (χ0n) is 19.9. The second-order valence-electron chi connectivity index (χ2n) is 9.13. The van der Waals surface area contributed by atoms with Gasteiger partial charge in [0.2, 0.25) is 0 Å². The van der Waals surface area contributed by atoms with E-state index in [9.17, 15) is 0 Å². The van der Waals surface area contributed by atoms with Gasteiger partial charge < -0.3 is 19.7 Å². The summed E-state index contributed by atoms with van der Waals surface area (Å²) in [5, 5.41) is 4.37. The number of pyridine rings is 1. The lowest BCUT2D eigenvalue weighted by atomic mass is 9.96. The molecule has 1 saturated heterocycles. The number of aromatic nitrogens is 2. The Balaban J connectivity index is 1.82. The Morgan fingerprint density at radius 2 is 1.75 bits per heavy atom. The smallest absolute Gasteiger partial charge is 0.170 e. The van der Waals surface area contributed by atoms with Gasteiger partial charge in [-0.2, -0.15) is 0 Å². The van der Waals surface area contributed by atoms with Gasteiger partial charge in [0.1, 0.15) is 0 Å². The van der Waals surface area contributed by atoms with Crippen LogP contribution in [0.5, 0.6) is 0 Å². The fraction of sp³-hybridized carbons (Fsp3) is 0.385. The van der Waals surface area contributed by atoms with Gasteiger partial charge in [-0.1, -0.05) is 12.1 Å². The molecule has 4 rings (SSSR count). The molecule has 32 heavy (non-hydrogen) atoms. The Morgan fingerprint density at radius 1 is 1.03 bits per heavy atom. The monoisotopic (exact) mass is 447 g/mol. The molecule has 1 aromatic carbocycles. The summed E-state index contributed by atoms with van der Waals surface area (Å²) in [7, 11) is 4.20. The molecule has 2 atom stereocenters. The first kappa shape index (κ1) is 22.5. The maximum Gasteiger partial charge on any atom is 0.170 e. The van der Waals surface area contributed by atoms with Gasteiger partial charge >= 0.3 is 0 Å². The average molecular weight is 448 g/mol. The van der Waals surface area contributed by atoms with Gasteiger partial charge in [-0.3, -0.25) is 4.98 Å². The Kier molecular flexibility index (Phi) is 6.35. The fourth-order valence-corrected chi connectivity index (χ4v) is 5.19. The third kappa shape index (κ3) is 4.30. The first-order chi connectivity index (χ1) is 15.3. The number of benzene rings is 1. The maximum absolute atomic E-state index is 5.82. The maximum atomic E-state index is 5.82. The standard InChI is InChI=1S/C26H33N5S/c1-17-13-18(2)15-21(14-17)31-19(3)16-22(20(31)4)25-24(23-9-7-8-10-27-23)28-26(32)30(25)12-11-29(5)6/h7-10,13-16,24-25H,11-12H2,1-6H3,(H,28,32). The van der Waals surface area contributed by atoms with Crippen molar-refractivity contribution in [3.8, 4) is 5.69 Å². The fourth-order valence-electron chi connectivity index (χ4n) is 4.86. The van der Waals surface area contributed by atoms with Crippen LogP contribution in [-0.4, -0.2) is 51.6 Å². The zero-order valence-corrected chi connectivity index (χ0v) is 20.7. The normalized spacial score (nSPS) is 18.5. The molecule has 0 radical (unpaired) electrons. The van der Waals surface area contributed by atoms with Crippen molar-refractivity contribution < 1.29 is 0 Å². The largest absolute Gasteiger partial charge is 0.352 e. The lowest BCUT2D eigenvalue weighted by molar-refractivity contribution is 0.277. The number of hydrogen-bond acceptors (Lipinski definition) is 3. The van der Waals surface area contributed by atoms with Crippen LogP contribution in [0.3, 0.4) is 0 Å². The minimum Gasteiger partial charge on any atom is -0.352 e. The number of thiocarbonyl (C=S) groups is 1. The molecule has 0 bridgehead atoms. The van der Waals surface area contributed by atoms with Crippen molar-refractivity contribution in [3.05, 3.63) is 82.4 Å². The Labute approximate surface area is 197 Å². The van der Waals surface area contributed by atoms with Crippen molar-refractivity contribution in [3.63, 3.8) is 0 Å². The van der Waals surface area contributed by atoms with Crippen LogP contribution in [-0.2, 0) is 0 Å². The minimum absolute atomic E-state index is 0.0130. The van der Waals surface area contributed by atoms with E-state index < -0.39 is 0 Å². The molecule has 2 unspecified atom stereocenters. The lowest BCUT2D eigenvalue weighted by Crippen LogP contribution is -2.35. The van der Waals surface area contributed by atoms with Gasteiger partial charge in [-0.25, -0.2) is 0 Å². The van der Waals surface area contributed by atoms with Crippen molar-refractivity contribution in [2.75, 3.05) is 27.2 Å². The zero-order chi connectivity index (χ0) is 23.0. The molecule has 5 nitrogen and oxygen atoms in total. The van der Waals surface area contributed by atoms with E-state index in [1.54, 1.807) is 0 Å². The van der Waals surface area contributed by atoms with Crippen molar-refractivity contribution >= 4 is 17.3 Å². The van der Waals surface area contributed by atoms with E-state index in [-0.39, 0.29) is 12.1 Å². The molecule has 3 aromatic rings. The van der Waals surface area contributed by atoms with E-state index in [1.807, 2.05) is 18.3 Å². The topological polar surface area (TPSA) is 36.3 Å². The predicted octanol–water partition coefficient (Wildman–Crippen LogP) is 4.64. The molecule has 0 amide bonds. The molecular formula is C26H33N5S. The van der Waals surface area contributed by atoms with Gasteiger partial charge in [-0.05, 0) is 101 Å². The predicted molar refractivity (Wildman–Crippen MR) is 135 cm³/mol. The van der Waals surface area contributed by atoms with Gasteiger partial charge in [0, 0.05) is 36.4 Å². The van der Waals surface area contributed by atoms with E-state index in [0.29, 0.717) is 0 Å². The summed E-state index contributed by atoms with van der Waals surface area (Å²) in [6, 6.07) is 15.3. The molecule has 1 N–H and O–H groups in total. The highest BCUT2D eigenvalue weighted by Crippen LogP contribution is 2.41. The highest BCUT2D eigenvalue weighted by Gasteiger charge is 2.41. The van der Waals surface area contributed by atoms with Crippen LogP contribution in [0.25, 0.3) is 5.69 Å². The third-order valence-electron chi connectivity index (χ3n) is 6.24. The summed E-state index contributed by atoms with van der Waals surface area (Å²) < 4.78 is 2.37. The average Bonchev–Trinajstić information content (AvgIpc) is 3.21. The molecule has 6 heteroatoms. The number of nitrogens with zero attached hydrogens (tertiary/aromatic N) is 4. The Hall–Kier alpha value is -2.70. The summed E-state index contributed by atoms with van der Waals surface area (Å²) in [4.78, 5) is 9.21. The van der Waals surface area contributed by atoms with Gasteiger partial charge in [0.15, 0.2) is 5.11 Å². The summed E-state index contributed by atoms with van der Waals surface area (Å²) in [6.45, 7) is 10.5. The summed E-state index contributed by atoms with van der Waals surface area (Å²) in [5.74, 6) is 0. The van der Waals surface area contributed by atoms with Crippen LogP contribution >= 0.6 is 12.2 Å². The van der Waals surface area contributed by atoms with E-state index in [1.165, 1.54) is 33.8 Å². The van der Waals surface area contributed by atoms with Crippen LogP contribution in [0.15, 0.2) is 48.7 Å². The van der Waals surface area contributed by atoms with Gasteiger partial charge in [0.05, 0.1) is 17.8 Å². The van der Waals surface area contributed by atoms with E-state index in [2.05, 4.69) is 96.8 Å². The van der Waals surface area contributed by atoms with Crippen LogP contribution in [0.2, 0.25) is 0 Å². The molecule has 2 aromatic heterocycles. The van der Waals surface area contributed by atoms with E-state index >= 15 is 0 Å². The molecule has 0 saturated carbocycles. The molecule has 168 valence electrons. The molecule has 1 fully saturated rings. The highest BCUT2D eigenvalue weighted by atomic mass is 32.1. The number of aryl methyl sites for hydroxylation is 3. The van der Waals surface area contributed by atoms with Crippen LogP contribution < -0.4 is 5.32 Å². The second kappa shape index (κ2) is 9.04. The first-order valence-corrected chi connectivity index (χ1v) is 11.6. The summed E-state index contributed by atoms with van der Waals surface area (Å²) in [5.41, 5.74) is 8.55. The van der Waals surface area contributed by atoms with E-state index in [0.717, 1.165) is 23.9 Å². The van der Waals surface area contributed by atoms with Gasteiger partial charge in [-0.15, -0.1) is 0 Å². The number of hydrogen-bond donors (Lipinski definition) is 1. The number of likely N-dealkylation sites (N-methyl/N-ethyl adjacent to an activating group) is 1. The van der Waals surface area contributed by atoms with Crippen molar-refractivity contribution in [1.29, 1.82) is 0 Å². The number of nitrogens with one attached hydrogen (secondary N) is 1. The Bertz CT molecular complexity index is 1100.